The third-order valence-electron chi connectivity index (χ3n) is 4.16. The van der Waals surface area contributed by atoms with Gasteiger partial charge in [0.25, 0.3) is 0 Å². The van der Waals surface area contributed by atoms with Crippen molar-refractivity contribution in [2.45, 2.75) is 24.5 Å². The number of alkyl halides is 3. The van der Waals surface area contributed by atoms with Gasteiger partial charge in [0, 0.05) is 23.3 Å². The molecule has 1 N–H and O–H groups in total. The summed E-state index contributed by atoms with van der Waals surface area (Å²) in [5, 5.41) is 11.9. The average Bonchev–Trinajstić information content (AvgIpc) is 3.14. The third kappa shape index (κ3) is 6.89. The first-order valence-electron chi connectivity index (χ1n) is 9.38. The Labute approximate surface area is 201 Å². The second kappa shape index (κ2) is 11.0. The summed E-state index contributed by atoms with van der Waals surface area (Å²) < 4.78 is 45.9. The van der Waals surface area contributed by atoms with Gasteiger partial charge in [0.1, 0.15) is 12.4 Å². The van der Waals surface area contributed by atoms with Crippen molar-refractivity contribution in [2.24, 2.45) is 0 Å². The molecule has 0 aliphatic carbocycles. The number of anilines is 1. The zero-order chi connectivity index (χ0) is 24.0. The molecule has 1 amide bonds. The van der Waals surface area contributed by atoms with Crippen molar-refractivity contribution in [2.75, 3.05) is 11.1 Å². The number of thioether (sulfide) groups is 1. The SMILES string of the molecule is C=CCn1c(COc2cc(Cl)ccc2Cl)nnc1SCC(=O)Nc1cccc(C(F)(F)F)c1. The summed E-state index contributed by atoms with van der Waals surface area (Å²) in [6.07, 6.45) is -2.86. The Kier molecular flexibility index (Phi) is 8.28. The largest absolute Gasteiger partial charge is 0.484 e. The van der Waals surface area contributed by atoms with Crippen LogP contribution < -0.4 is 10.1 Å². The highest BCUT2D eigenvalue weighted by molar-refractivity contribution is 7.99. The maximum Gasteiger partial charge on any atom is 0.416 e. The van der Waals surface area contributed by atoms with E-state index >= 15 is 0 Å². The maximum atomic E-state index is 12.8. The number of hydrogen-bond donors (Lipinski definition) is 1. The quantitative estimate of drug-likeness (QED) is 0.275. The Bertz CT molecular complexity index is 1150. The van der Waals surface area contributed by atoms with E-state index in [1.807, 2.05) is 0 Å². The summed E-state index contributed by atoms with van der Waals surface area (Å²) in [4.78, 5) is 12.3. The van der Waals surface area contributed by atoms with Crippen molar-refractivity contribution >= 4 is 46.6 Å². The topological polar surface area (TPSA) is 69.0 Å². The number of allylic oxidation sites excluding steroid dienone is 1. The van der Waals surface area contributed by atoms with Crippen LogP contribution in [-0.2, 0) is 24.1 Å². The van der Waals surface area contributed by atoms with Crippen LogP contribution in [0.25, 0.3) is 0 Å². The summed E-state index contributed by atoms with van der Waals surface area (Å²) >= 11 is 13.1. The van der Waals surface area contributed by atoms with Gasteiger partial charge >= 0.3 is 6.18 Å². The molecule has 6 nitrogen and oxygen atoms in total. The van der Waals surface area contributed by atoms with E-state index in [-0.39, 0.29) is 18.0 Å². The van der Waals surface area contributed by atoms with E-state index in [9.17, 15) is 18.0 Å². The smallest absolute Gasteiger partial charge is 0.416 e. The van der Waals surface area contributed by atoms with E-state index in [1.165, 1.54) is 12.1 Å². The minimum Gasteiger partial charge on any atom is -0.484 e. The Balaban J connectivity index is 1.64. The summed E-state index contributed by atoms with van der Waals surface area (Å²) in [6.45, 7) is 4.10. The van der Waals surface area contributed by atoms with Crippen LogP contribution in [0.5, 0.6) is 5.75 Å². The van der Waals surface area contributed by atoms with Gasteiger partial charge in [-0.25, -0.2) is 0 Å². The normalized spacial score (nSPS) is 11.3. The highest BCUT2D eigenvalue weighted by Crippen LogP contribution is 2.31. The predicted octanol–water partition coefficient (Wildman–Crippen LogP) is 6.10. The summed E-state index contributed by atoms with van der Waals surface area (Å²) in [7, 11) is 0. The second-order valence-corrected chi connectivity index (χ2v) is 8.36. The number of amides is 1. The molecular weight excluding hydrogens is 500 g/mol. The molecule has 0 fully saturated rings. The van der Waals surface area contributed by atoms with E-state index in [0.29, 0.717) is 33.3 Å². The Morgan fingerprint density at radius 1 is 1.21 bits per heavy atom. The molecule has 1 aromatic heterocycles. The zero-order valence-electron chi connectivity index (χ0n) is 16.9. The first-order valence-corrected chi connectivity index (χ1v) is 11.1. The van der Waals surface area contributed by atoms with Gasteiger partial charge in [0.05, 0.1) is 16.3 Å². The number of nitrogens with one attached hydrogen (secondary N) is 1. The van der Waals surface area contributed by atoms with Gasteiger partial charge < -0.3 is 10.1 Å². The number of halogens is 5. The zero-order valence-corrected chi connectivity index (χ0v) is 19.2. The van der Waals surface area contributed by atoms with Crippen LogP contribution in [0.3, 0.4) is 0 Å². The lowest BCUT2D eigenvalue weighted by Crippen LogP contribution is -2.15. The average molecular weight is 517 g/mol. The van der Waals surface area contributed by atoms with Crippen LogP contribution in [0.1, 0.15) is 11.4 Å². The molecule has 0 unspecified atom stereocenters. The van der Waals surface area contributed by atoms with E-state index in [2.05, 4.69) is 22.1 Å². The summed E-state index contributed by atoms with van der Waals surface area (Å²) in [6, 6.07) is 9.24. The monoisotopic (exact) mass is 516 g/mol. The van der Waals surface area contributed by atoms with Crippen molar-refractivity contribution in [3.63, 3.8) is 0 Å². The summed E-state index contributed by atoms with van der Waals surface area (Å²) in [5.74, 6) is 0.265. The molecule has 33 heavy (non-hydrogen) atoms. The molecule has 0 bridgehead atoms. The molecule has 0 aliphatic heterocycles. The van der Waals surface area contributed by atoms with Crippen molar-refractivity contribution in [3.8, 4) is 5.75 Å². The van der Waals surface area contributed by atoms with Gasteiger partial charge in [0.2, 0.25) is 5.91 Å². The number of carbonyl (C=O) groups is 1. The molecule has 174 valence electrons. The van der Waals surface area contributed by atoms with Gasteiger partial charge in [-0.3, -0.25) is 9.36 Å². The Morgan fingerprint density at radius 3 is 2.73 bits per heavy atom. The van der Waals surface area contributed by atoms with Crippen molar-refractivity contribution in [3.05, 3.63) is 76.6 Å². The minimum atomic E-state index is -4.50. The van der Waals surface area contributed by atoms with Gasteiger partial charge in [-0.15, -0.1) is 16.8 Å². The number of hydrogen-bond acceptors (Lipinski definition) is 5. The Hall–Kier alpha value is -2.69. The van der Waals surface area contributed by atoms with E-state index in [4.69, 9.17) is 27.9 Å². The van der Waals surface area contributed by atoms with Crippen LogP contribution >= 0.6 is 35.0 Å². The van der Waals surface area contributed by atoms with Gasteiger partial charge in [-0.1, -0.05) is 47.1 Å². The molecule has 0 saturated carbocycles. The molecule has 2 aromatic carbocycles. The number of aromatic nitrogens is 3. The standard InChI is InChI=1S/C21H17Cl2F3N4O2S/c1-2-8-30-18(11-32-17-10-14(22)6-7-16(17)23)28-29-20(30)33-12-19(31)27-15-5-3-4-13(9-15)21(24,25)26/h2-7,9-10H,1,8,11-12H2,(H,27,31). The van der Waals surface area contributed by atoms with Gasteiger partial charge in [-0.05, 0) is 30.3 Å². The minimum absolute atomic E-state index is 0.0396. The summed E-state index contributed by atoms with van der Waals surface area (Å²) in [5.41, 5.74) is -0.793. The van der Waals surface area contributed by atoms with Crippen molar-refractivity contribution < 1.29 is 22.7 Å². The second-order valence-electron chi connectivity index (χ2n) is 6.58. The predicted molar refractivity (Wildman–Crippen MR) is 122 cm³/mol. The lowest BCUT2D eigenvalue weighted by atomic mass is 10.2. The fourth-order valence-corrected chi connectivity index (χ4v) is 3.78. The lowest BCUT2D eigenvalue weighted by Gasteiger charge is -2.11. The van der Waals surface area contributed by atoms with Crippen LogP contribution in [0.15, 0.2) is 60.3 Å². The molecule has 0 saturated heterocycles. The highest BCUT2D eigenvalue weighted by Gasteiger charge is 2.30. The number of benzene rings is 2. The molecule has 3 aromatic rings. The fraction of sp³-hybridized carbons (Fsp3) is 0.190. The molecule has 1 heterocycles. The van der Waals surface area contributed by atoms with Crippen molar-refractivity contribution in [1.82, 2.24) is 14.8 Å². The number of ether oxygens (including phenoxy) is 1. The van der Waals surface area contributed by atoms with Crippen LogP contribution in [-0.4, -0.2) is 26.4 Å². The molecule has 0 aliphatic rings. The lowest BCUT2D eigenvalue weighted by molar-refractivity contribution is -0.137. The van der Waals surface area contributed by atoms with Crippen LogP contribution in [0.2, 0.25) is 10.0 Å². The van der Waals surface area contributed by atoms with Crippen molar-refractivity contribution in [1.29, 1.82) is 0 Å². The van der Waals surface area contributed by atoms with E-state index in [0.717, 1.165) is 23.9 Å². The van der Waals surface area contributed by atoms with Gasteiger partial charge in [0.15, 0.2) is 11.0 Å². The molecule has 12 heteroatoms. The Morgan fingerprint density at radius 2 is 2.00 bits per heavy atom. The maximum absolute atomic E-state index is 12.8. The molecule has 0 atom stereocenters. The van der Waals surface area contributed by atoms with E-state index in [1.54, 1.807) is 28.8 Å². The molecule has 0 radical (unpaired) electrons. The molecule has 0 spiro atoms. The first kappa shape index (κ1) is 24.9. The number of nitrogens with zero attached hydrogens (tertiary/aromatic N) is 3. The first-order chi connectivity index (χ1) is 15.7. The molecule has 3 rings (SSSR count). The number of rotatable bonds is 9. The van der Waals surface area contributed by atoms with E-state index < -0.39 is 17.6 Å². The third-order valence-corrected chi connectivity index (χ3v) is 5.68. The van der Waals surface area contributed by atoms with Gasteiger partial charge in [-0.2, -0.15) is 13.2 Å². The fourth-order valence-electron chi connectivity index (χ4n) is 2.68. The highest BCUT2D eigenvalue weighted by atomic mass is 35.5. The molecular formula is C21H17Cl2F3N4O2S. The van der Waals surface area contributed by atoms with Crippen LogP contribution in [0, 0.1) is 0 Å². The number of carbonyl (C=O) groups excluding carboxylic acids is 1. The van der Waals surface area contributed by atoms with Crippen LogP contribution in [0.4, 0.5) is 18.9 Å².